The number of carbonyl (C=O) groups excluding carboxylic acids is 1. The number of carboxylic acids is 1. The number of amides is 1. The number of para-hydroxylation sites is 1. The Balaban J connectivity index is 0.000000389. The summed E-state index contributed by atoms with van der Waals surface area (Å²) < 4.78 is 31.7. The molecule has 0 aliphatic carbocycles. The molecule has 0 radical (unpaired) electrons. The molecule has 8 nitrogen and oxygen atoms in total. The molecule has 3 heterocycles. The number of nitrogens with one attached hydrogen (secondary N) is 2. The molecule has 5 N–H and O–H groups in total. The minimum Gasteiger partial charge on any atom is -0.475 e. The van der Waals surface area contributed by atoms with Crippen LogP contribution in [0.4, 0.5) is 13.2 Å². The molecule has 1 aliphatic heterocycles. The largest absolute Gasteiger partial charge is 0.490 e. The summed E-state index contributed by atoms with van der Waals surface area (Å²) in [7, 11) is 0. The highest BCUT2D eigenvalue weighted by Gasteiger charge is 2.38. The number of halogens is 3. The van der Waals surface area contributed by atoms with Gasteiger partial charge in [-0.25, -0.2) is 4.79 Å². The van der Waals surface area contributed by atoms with Crippen LogP contribution in [0.1, 0.15) is 37.0 Å². The van der Waals surface area contributed by atoms with Gasteiger partial charge in [0, 0.05) is 41.1 Å². The predicted octanol–water partition coefficient (Wildman–Crippen LogP) is 4.90. The van der Waals surface area contributed by atoms with Crippen LogP contribution >= 0.6 is 0 Å². The van der Waals surface area contributed by atoms with Crippen molar-refractivity contribution in [2.75, 3.05) is 13.1 Å². The van der Waals surface area contributed by atoms with E-state index in [1.807, 2.05) is 73.3 Å². The van der Waals surface area contributed by atoms with E-state index < -0.39 is 12.1 Å². The topological polar surface area (TPSA) is 132 Å². The van der Waals surface area contributed by atoms with E-state index >= 15 is 0 Å². The molecule has 2 aromatic carbocycles. The number of hydrogen-bond acceptors (Lipinski definition) is 4. The van der Waals surface area contributed by atoms with Crippen LogP contribution in [0, 0.1) is 0 Å². The van der Waals surface area contributed by atoms with Gasteiger partial charge < -0.3 is 25.7 Å². The number of carboxylic acid groups (broad SMARTS) is 1. The fraction of sp³-hybridized carbons (Fsp3) is 0.296. The lowest BCUT2D eigenvalue weighted by atomic mass is 10.0. The molecular weight excluding hydrogens is 501 g/mol. The first-order chi connectivity index (χ1) is 18.0. The van der Waals surface area contributed by atoms with Crippen LogP contribution in [-0.2, 0) is 4.79 Å². The molecule has 1 fully saturated rings. The molecule has 5 rings (SSSR count). The average Bonchev–Trinajstić information content (AvgIpc) is 3.32. The van der Waals surface area contributed by atoms with Crippen molar-refractivity contribution in [3.8, 4) is 11.3 Å². The zero-order valence-corrected chi connectivity index (χ0v) is 20.9. The van der Waals surface area contributed by atoms with Gasteiger partial charge in [-0.1, -0.05) is 32.0 Å². The van der Waals surface area contributed by atoms with E-state index in [2.05, 4.69) is 9.97 Å². The third-order valence-electron chi connectivity index (χ3n) is 5.98. The Morgan fingerprint density at radius 3 is 2.18 bits per heavy atom. The van der Waals surface area contributed by atoms with Gasteiger partial charge in [-0.3, -0.25) is 9.59 Å². The van der Waals surface area contributed by atoms with Crippen LogP contribution in [0.3, 0.4) is 0 Å². The monoisotopic (exact) mass is 530 g/mol. The van der Waals surface area contributed by atoms with Gasteiger partial charge in [0.15, 0.2) is 0 Å². The molecule has 11 heteroatoms. The molecule has 0 spiro atoms. The number of aromatic amines is 2. The van der Waals surface area contributed by atoms with Crippen molar-refractivity contribution < 1.29 is 27.9 Å². The SMILES string of the molecule is CC.NC1CCN(C(=O)c2ccc3[nH]c(-c4cc5ccccc5[nH]c4=O)cc3c2)CC1.O=C(O)C(F)(F)F. The maximum atomic E-state index is 12.8. The molecule has 38 heavy (non-hydrogen) atoms. The van der Waals surface area contributed by atoms with Crippen molar-refractivity contribution in [3.05, 3.63) is 70.5 Å². The van der Waals surface area contributed by atoms with Crippen LogP contribution in [-0.4, -0.2) is 57.2 Å². The Bertz CT molecular complexity index is 1490. The number of nitrogens with two attached hydrogens (primary N) is 1. The van der Waals surface area contributed by atoms with Crippen LogP contribution < -0.4 is 11.3 Å². The number of likely N-dealkylation sites (tertiary alicyclic amines) is 1. The number of aromatic nitrogens is 2. The predicted molar refractivity (Wildman–Crippen MR) is 140 cm³/mol. The van der Waals surface area contributed by atoms with Crippen molar-refractivity contribution in [1.29, 1.82) is 0 Å². The number of benzene rings is 2. The first-order valence-corrected chi connectivity index (χ1v) is 12.1. The number of aliphatic carboxylic acids is 1. The second-order valence-electron chi connectivity index (χ2n) is 8.52. The standard InChI is InChI=1S/C23H22N4O2.C2HF3O2.C2H6/c24-17-7-9-27(10-8-17)23(29)15-5-6-20-16(11-15)13-21(25-20)18-12-14-3-1-2-4-19(14)26-22(18)28;3-2(4,5)1(6)7;1-2/h1-6,11-13,17,25H,7-10,24H2,(H,26,28);(H,6,7);1-2H3. The van der Waals surface area contributed by atoms with Crippen molar-refractivity contribution in [1.82, 2.24) is 14.9 Å². The number of piperidine rings is 1. The first-order valence-electron chi connectivity index (χ1n) is 12.1. The van der Waals surface area contributed by atoms with Gasteiger partial charge in [-0.05, 0) is 54.6 Å². The Morgan fingerprint density at radius 1 is 0.947 bits per heavy atom. The van der Waals surface area contributed by atoms with Crippen molar-refractivity contribution >= 4 is 33.7 Å². The number of pyridine rings is 1. The van der Waals surface area contributed by atoms with Crippen LogP contribution in [0.15, 0.2) is 59.4 Å². The molecule has 0 saturated carbocycles. The third-order valence-corrected chi connectivity index (χ3v) is 5.98. The maximum absolute atomic E-state index is 12.8. The number of hydrogen-bond donors (Lipinski definition) is 4. The summed E-state index contributed by atoms with van der Waals surface area (Å²) in [6, 6.07) is 17.3. The summed E-state index contributed by atoms with van der Waals surface area (Å²) in [5.74, 6) is -2.72. The number of alkyl halides is 3. The number of fused-ring (bicyclic) bond motifs is 2. The molecule has 4 aromatic rings. The van der Waals surface area contributed by atoms with E-state index in [1.54, 1.807) is 0 Å². The zero-order chi connectivity index (χ0) is 28.0. The molecule has 0 bridgehead atoms. The van der Waals surface area contributed by atoms with Gasteiger partial charge in [0.1, 0.15) is 0 Å². The van der Waals surface area contributed by atoms with E-state index in [9.17, 15) is 22.8 Å². The van der Waals surface area contributed by atoms with Gasteiger partial charge in [0.25, 0.3) is 11.5 Å². The molecule has 1 saturated heterocycles. The van der Waals surface area contributed by atoms with E-state index in [-0.39, 0.29) is 17.5 Å². The van der Waals surface area contributed by atoms with Gasteiger partial charge in [-0.15, -0.1) is 0 Å². The number of nitrogens with zero attached hydrogens (tertiary/aromatic N) is 1. The summed E-state index contributed by atoms with van der Waals surface area (Å²) in [5, 5.41) is 9.01. The Morgan fingerprint density at radius 2 is 1.55 bits per heavy atom. The Kier molecular flexibility index (Phi) is 8.95. The molecule has 0 atom stereocenters. The van der Waals surface area contributed by atoms with Gasteiger partial charge in [0.2, 0.25) is 0 Å². The van der Waals surface area contributed by atoms with E-state index in [0.29, 0.717) is 24.2 Å². The average molecular weight is 531 g/mol. The highest BCUT2D eigenvalue weighted by atomic mass is 19.4. The molecule has 202 valence electrons. The van der Waals surface area contributed by atoms with Crippen molar-refractivity contribution in [2.24, 2.45) is 5.73 Å². The lowest BCUT2D eigenvalue weighted by Crippen LogP contribution is -2.42. The number of H-pyrrole nitrogens is 2. The van der Waals surface area contributed by atoms with E-state index in [0.717, 1.165) is 40.3 Å². The quantitative estimate of drug-likeness (QED) is 0.293. The molecule has 1 aliphatic rings. The summed E-state index contributed by atoms with van der Waals surface area (Å²) in [5.41, 5.74) is 9.48. The van der Waals surface area contributed by atoms with E-state index in [4.69, 9.17) is 15.6 Å². The van der Waals surface area contributed by atoms with Crippen LogP contribution in [0.2, 0.25) is 0 Å². The smallest absolute Gasteiger partial charge is 0.475 e. The summed E-state index contributed by atoms with van der Waals surface area (Å²) in [6.45, 7) is 5.39. The maximum Gasteiger partial charge on any atom is 0.490 e. The van der Waals surface area contributed by atoms with Gasteiger partial charge >= 0.3 is 12.1 Å². The highest BCUT2D eigenvalue weighted by molar-refractivity contribution is 5.99. The molecule has 0 unspecified atom stereocenters. The van der Waals surface area contributed by atoms with Crippen LogP contribution in [0.25, 0.3) is 33.1 Å². The van der Waals surface area contributed by atoms with Crippen LogP contribution in [0.5, 0.6) is 0 Å². The lowest BCUT2D eigenvalue weighted by Gasteiger charge is -2.30. The minimum atomic E-state index is -5.08. The molecular formula is C27H29F3N4O4. The van der Waals surface area contributed by atoms with Gasteiger partial charge in [-0.2, -0.15) is 13.2 Å². The first kappa shape index (κ1) is 28.5. The normalized spacial score (nSPS) is 13.9. The minimum absolute atomic E-state index is 0.0325. The molecule has 2 aromatic heterocycles. The van der Waals surface area contributed by atoms with E-state index in [1.165, 1.54) is 0 Å². The Labute approximate surface area is 216 Å². The fourth-order valence-corrected chi connectivity index (χ4v) is 4.04. The zero-order valence-electron chi connectivity index (χ0n) is 20.9. The fourth-order valence-electron chi connectivity index (χ4n) is 4.04. The number of rotatable bonds is 2. The second-order valence-corrected chi connectivity index (χ2v) is 8.52. The Hall–Kier alpha value is -4.12. The van der Waals surface area contributed by atoms with Crippen molar-refractivity contribution in [3.63, 3.8) is 0 Å². The second kappa shape index (κ2) is 12.0. The lowest BCUT2D eigenvalue weighted by molar-refractivity contribution is -0.192. The number of carbonyl (C=O) groups is 2. The van der Waals surface area contributed by atoms with Gasteiger partial charge in [0.05, 0.1) is 11.3 Å². The third kappa shape index (κ3) is 6.60. The molecule has 1 amide bonds. The van der Waals surface area contributed by atoms with Crippen molar-refractivity contribution in [2.45, 2.75) is 38.9 Å². The summed E-state index contributed by atoms with van der Waals surface area (Å²) in [6.07, 6.45) is -3.40. The summed E-state index contributed by atoms with van der Waals surface area (Å²) >= 11 is 0. The highest BCUT2D eigenvalue weighted by Crippen LogP contribution is 2.25. The summed E-state index contributed by atoms with van der Waals surface area (Å²) in [4.78, 5) is 42.4.